The largest absolute Gasteiger partial charge is 0.479 e. The van der Waals surface area contributed by atoms with E-state index < -0.39 is 29.0 Å². The number of nitrogens with zero attached hydrogens (tertiary/aromatic N) is 1. The molecule has 4 nitrogen and oxygen atoms in total. The van der Waals surface area contributed by atoms with Crippen molar-refractivity contribution in [1.82, 2.24) is 4.90 Å². The van der Waals surface area contributed by atoms with Crippen LogP contribution in [-0.2, 0) is 17.6 Å². The van der Waals surface area contributed by atoms with Crippen molar-refractivity contribution in [1.29, 1.82) is 0 Å². The number of hydrogen-bond donors (Lipinski definition) is 1. The SMILES string of the molecule is C=CCN(C(=O)c1cccc(C)c1)C1(C(=O)O)Cc2cc(F)c(F)cc2C1. The van der Waals surface area contributed by atoms with Crippen LogP contribution in [0, 0.1) is 18.6 Å². The lowest BCUT2D eigenvalue weighted by Gasteiger charge is -2.37. The summed E-state index contributed by atoms with van der Waals surface area (Å²) in [7, 11) is 0. The highest BCUT2D eigenvalue weighted by atomic mass is 19.2. The number of rotatable bonds is 5. The Bertz CT molecular complexity index is 908. The first-order valence-corrected chi connectivity index (χ1v) is 8.48. The van der Waals surface area contributed by atoms with Crippen molar-refractivity contribution in [3.05, 3.63) is 82.9 Å². The average molecular weight is 371 g/mol. The molecule has 0 radical (unpaired) electrons. The molecule has 0 saturated carbocycles. The van der Waals surface area contributed by atoms with E-state index in [0.29, 0.717) is 16.7 Å². The molecule has 2 aromatic rings. The van der Waals surface area contributed by atoms with Crippen molar-refractivity contribution in [2.75, 3.05) is 6.54 Å². The van der Waals surface area contributed by atoms with E-state index in [0.717, 1.165) is 17.7 Å². The van der Waals surface area contributed by atoms with Gasteiger partial charge in [0.25, 0.3) is 5.91 Å². The summed E-state index contributed by atoms with van der Waals surface area (Å²) in [6.07, 6.45) is 1.25. The minimum Gasteiger partial charge on any atom is -0.479 e. The summed E-state index contributed by atoms with van der Waals surface area (Å²) in [5, 5.41) is 10.0. The monoisotopic (exact) mass is 371 g/mol. The van der Waals surface area contributed by atoms with Gasteiger partial charge in [0.05, 0.1) is 0 Å². The predicted molar refractivity (Wildman–Crippen MR) is 96.5 cm³/mol. The van der Waals surface area contributed by atoms with Gasteiger partial charge >= 0.3 is 5.97 Å². The van der Waals surface area contributed by atoms with Gasteiger partial charge in [-0.2, -0.15) is 0 Å². The van der Waals surface area contributed by atoms with Crippen LogP contribution in [0.5, 0.6) is 0 Å². The average Bonchev–Trinajstić information content (AvgIpc) is 2.99. The number of carboxylic acids is 1. The summed E-state index contributed by atoms with van der Waals surface area (Å²) in [5.74, 6) is -3.75. The third kappa shape index (κ3) is 3.23. The first-order chi connectivity index (χ1) is 12.8. The summed E-state index contributed by atoms with van der Waals surface area (Å²) >= 11 is 0. The molecule has 0 aromatic heterocycles. The molecule has 0 spiro atoms. The van der Waals surface area contributed by atoms with Crippen molar-refractivity contribution in [3.8, 4) is 0 Å². The Labute approximate surface area is 155 Å². The number of carboxylic acid groups (broad SMARTS) is 1. The predicted octanol–water partition coefficient (Wildman–Crippen LogP) is 3.52. The highest BCUT2D eigenvalue weighted by molar-refractivity contribution is 5.98. The Kier molecular flexibility index (Phi) is 4.83. The van der Waals surface area contributed by atoms with E-state index in [9.17, 15) is 23.5 Å². The second-order valence-electron chi connectivity index (χ2n) is 6.80. The Hall–Kier alpha value is -3.02. The van der Waals surface area contributed by atoms with Crippen LogP contribution in [0.2, 0.25) is 0 Å². The van der Waals surface area contributed by atoms with Gasteiger partial charge in [0.15, 0.2) is 11.6 Å². The molecule has 3 rings (SSSR count). The van der Waals surface area contributed by atoms with Crippen LogP contribution in [0.15, 0.2) is 49.1 Å². The van der Waals surface area contributed by atoms with Crippen LogP contribution in [0.25, 0.3) is 0 Å². The lowest BCUT2D eigenvalue weighted by Crippen LogP contribution is -2.58. The first-order valence-electron chi connectivity index (χ1n) is 8.48. The number of fused-ring (bicyclic) bond motifs is 1. The van der Waals surface area contributed by atoms with Crippen LogP contribution in [0.1, 0.15) is 27.0 Å². The summed E-state index contributed by atoms with van der Waals surface area (Å²) in [6.45, 7) is 5.46. The molecule has 1 N–H and O–H groups in total. The Morgan fingerprint density at radius 3 is 2.26 bits per heavy atom. The van der Waals surface area contributed by atoms with Crippen LogP contribution in [0.3, 0.4) is 0 Å². The Morgan fingerprint density at radius 1 is 1.19 bits per heavy atom. The van der Waals surface area contributed by atoms with Crippen LogP contribution >= 0.6 is 0 Å². The van der Waals surface area contributed by atoms with Gasteiger partial charge in [-0.1, -0.05) is 23.8 Å². The third-order valence-electron chi connectivity index (χ3n) is 4.94. The molecule has 2 aromatic carbocycles. The second-order valence-corrected chi connectivity index (χ2v) is 6.80. The molecular formula is C21H19F2NO3. The van der Waals surface area contributed by atoms with E-state index >= 15 is 0 Å². The number of benzene rings is 2. The standard InChI is InChI=1S/C21H19F2NO3/c1-3-7-24(19(25)14-6-4-5-13(2)8-14)21(20(26)27)11-15-9-17(22)18(23)10-16(15)12-21/h3-6,8-10H,1,7,11-12H2,2H3,(H,26,27). The molecule has 0 saturated heterocycles. The Balaban J connectivity index is 2.07. The van der Waals surface area contributed by atoms with Gasteiger partial charge in [-0.25, -0.2) is 13.6 Å². The van der Waals surface area contributed by atoms with Crippen molar-refractivity contribution in [2.24, 2.45) is 0 Å². The highest BCUT2D eigenvalue weighted by Gasteiger charge is 2.51. The quantitative estimate of drug-likeness (QED) is 0.818. The summed E-state index contributed by atoms with van der Waals surface area (Å²) in [6, 6.07) is 8.86. The minimum atomic E-state index is -1.63. The maximum absolute atomic E-state index is 13.6. The van der Waals surface area contributed by atoms with Gasteiger partial charge in [-0.15, -0.1) is 6.58 Å². The molecule has 1 aliphatic rings. The number of aliphatic carboxylic acids is 1. The molecule has 27 heavy (non-hydrogen) atoms. The zero-order valence-electron chi connectivity index (χ0n) is 14.8. The smallest absolute Gasteiger partial charge is 0.330 e. The van der Waals surface area contributed by atoms with Crippen LogP contribution < -0.4 is 0 Å². The van der Waals surface area contributed by atoms with Crippen LogP contribution in [0.4, 0.5) is 8.78 Å². The van der Waals surface area contributed by atoms with Gasteiger partial charge in [-0.05, 0) is 42.3 Å². The zero-order valence-corrected chi connectivity index (χ0v) is 14.8. The van der Waals surface area contributed by atoms with Gasteiger partial charge in [0.1, 0.15) is 5.54 Å². The van der Waals surface area contributed by atoms with E-state index in [1.165, 1.54) is 11.0 Å². The Morgan fingerprint density at radius 2 is 1.78 bits per heavy atom. The van der Waals surface area contributed by atoms with Gasteiger partial charge < -0.3 is 10.0 Å². The van der Waals surface area contributed by atoms with Gasteiger partial charge in [0, 0.05) is 24.9 Å². The zero-order chi connectivity index (χ0) is 19.8. The maximum atomic E-state index is 13.6. The molecule has 0 aliphatic heterocycles. The fourth-order valence-electron chi connectivity index (χ4n) is 3.62. The molecule has 0 atom stereocenters. The normalized spacial score (nSPS) is 14.5. The third-order valence-corrected chi connectivity index (χ3v) is 4.94. The number of aryl methyl sites for hydroxylation is 1. The van der Waals surface area contributed by atoms with Crippen molar-refractivity contribution < 1.29 is 23.5 Å². The number of halogens is 2. The minimum absolute atomic E-state index is 0.00196. The first kappa shape index (κ1) is 18.8. The summed E-state index contributed by atoms with van der Waals surface area (Å²) < 4.78 is 27.2. The van der Waals surface area contributed by atoms with E-state index in [1.54, 1.807) is 18.2 Å². The van der Waals surface area contributed by atoms with E-state index in [4.69, 9.17) is 0 Å². The summed E-state index contributed by atoms with van der Waals surface area (Å²) in [5.41, 5.74) is 0.371. The van der Waals surface area contributed by atoms with E-state index in [2.05, 4.69) is 6.58 Å². The molecule has 0 unspecified atom stereocenters. The molecule has 140 valence electrons. The van der Waals surface area contributed by atoms with E-state index in [-0.39, 0.29) is 19.4 Å². The van der Waals surface area contributed by atoms with Crippen molar-refractivity contribution >= 4 is 11.9 Å². The lowest BCUT2D eigenvalue weighted by molar-refractivity contribution is -0.149. The highest BCUT2D eigenvalue weighted by Crippen LogP contribution is 2.37. The molecule has 6 heteroatoms. The molecule has 1 aliphatic carbocycles. The van der Waals surface area contributed by atoms with Gasteiger partial charge in [-0.3, -0.25) is 4.79 Å². The number of hydrogen-bond acceptors (Lipinski definition) is 2. The topological polar surface area (TPSA) is 57.6 Å². The fraction of sp³-hybridized carbons (Fsp3) is 0.238. The van der Waals surface area contributed by atoms with E-state index in [1.807, 2.05) is 13.0 Å². The van der Waals surface area contributed by atoms with Crippen molar-refractivity contribution in [2.45, 2.75) is 25.3 Å². The summed E-state index contributed by atoms with van der Waals surface area (Å²) in [4.78, 5) is 26.6. The number of amides is 1. The fourth-order valence-corrected chi connectivity index (χ4v) is 3.62. The number of carbonyl (C=O) groups excluding carboxylic acids is 1. The molecular weight excluding hydrogens is 352 g/mol. The molecule has 0 heterocycles. The maximum Gasteiger partial charge on any atom is 0.330 e. The van der Waals surface area contributed by atoms with Crippen molar-refractivity contribution in [3.63, 3.8) is 0 Å². The van der Waals surface area contributed by atoms with Gasteiger partial charge in [0.2, 0.25) is 0 Å². The molecule has 0 bridgehead atoms. The lowest BCUT2D eigenvalue weighted by atomic mass is 9.92. The van der Waals surface area contributed by atoms with Crippen LogP contribution in [-0.4, -0.2) is 34.0 Å². The number of carbonyl (C=O) groups is 2. The molecule has 1 amide bonds. The molecule has 0 fully saturated rings. The second kappa shape index (κ2) is 6.95.